The number of esters is 2. The standard InChI is InChI=1S/C23H29N3O8/c1-22(2,3)34-21(31)24-10-12-25(13-11-24)23(19(29)32-4,20(30)33-5)14-26-17(27)15-8-6-7-9-16(15)18(26)28/h6-9H,10-14H2,1-5H3. The van der Waals surface area contributed by atoms with Crippen molar-refractivity contribution in [2.45, 2.75) is 31.9 Å². The van der Waals surface area contributed by atoms with E-state index in [1.54, 1.807) is 32.9 Å². The lowest BCUT2D eigenvalue weighted by Gasteiger charge is -2.44. The molecule has 11 heteroatoms. The molecular formula is C23H29N3O8. The van der Waals surface area contributed by atoms with Crippen LogP contribution < -0.4 is 0 Å². The zero-order chi connectivity index (χ0) is 25.3. The summed E-state index contributed by atoms with van der Waals surface area (Å²) in [7, 11) is 2.22. The molecule has 184 valence electrons. The van der Waals surface area contributed by atoms with Gasteiger partial charge in [-0.2, -0.15) is 0 Å². The number of benzene rings is 1. The van der Waals surface area contributed by atoms with Gasteiger partial charge in [0.25, 0.3) is 11.8 Å². The molecule has 2 aliphatic rings. The summed E-state index contributed by atoms with van der Waals surface area (Å²) in [5.41, 5.74) is -2.41. The van der Waals surface area contributed by atoms with Gasteiger partial charge in [0.05, 0.1) is 31.9 Å². The van der Waals surface area contributed by atoms with Gasteiger partial charge in [0, 0.05) is 26.2 Å². The predicted molar refractivity (Wildman–Crippen MR) is 118 cm³/mol. The van der Waals surface area contributed by atoms with Crippen LogP contribution in [0.25, 0.3) is 0 Å². The first-order valence-corrected chi connectivity index (χ1v) is 10.8. The van der Waals surface area contributed by atoms with E-state index in [1.165, 1.54) is 21.9 Å². The molecule has 0 saturated carbocycles. The fraction of sp³-hybridized carbons (Fsp3) is 0.522. The first-order valence-electron chi connectivity index (χ1n) is 10.8. The SMILES string of the molecule is COC(=O)C(CN1C(=O)c2ccccc2C1=O)(C(=O)OC)N1CCN(C(=O)OC(C)(C)C)CC1. The number of carbonyl (C=O) groups excluding carboxylic acids is 5. The maximum atomic E-state index is 13.1. The molecule has 1 aromatic rings. The third-order valence-electron chi connectivity index (χ3n) is 5.78. The molecule has 3 amide bonds. The van der Waals surface area contributed by atoms with Crippen LogP contribution in [-0.2, 0) is 23.8 Å². The van der Waals surface area contributed by atoms with Crippen molar-refractivity contribution in [3.05, 3.63) is 35.4 Å². The summed E-state index contributed by atoms with van der Waals surface area (Å²) >= 11 is 0. The normalized spacial score (nSPS) is 16.9. The van der Waals surface area contributed by atoms with Gasteiger partial charge in [-0.1, -0.05) is 12.1 Å². The summed E-state index contributed by atoms with van der Waals surface area (Å²) in [6, 6.07) is 6.26. The number of imide groups is 1. The Morgan fingerprint density at radius 3 is 1.74 bits per heavy atom. The summed E-state index contributed by atoms with van der Waals surface area (Å²) in [6.45, 7) is 5.11. The molecule has 2 heterocycles. The van der Waals surface area contributed by atoms with Gasteiger partial charge < -0.3 is 19.1 Å². The average molecular weight is 475 g/mol. The highest BCUT2D eigenvalue weighted by Gasteiger charge is 2.57. The number of hydrogen-bond donors (Lipinski definition) is 0. The molecule has 3 rings (SSSR count). The van der Waals surface area contributed by atoms with Gasteiger partial charge in [-0.25, -0.2) is 14.4 Å². The fourth-order valence-corrected chi connectivity index (χ4v) is 4.12. The minimum atomic E-state index is -2.10. The third kappa shape index (κ3) is 4.47. The average Bonchev–Trinajstić information content (AvgIpc) is 3.05. The highest BCUT2D eigenvalue weighted by atomic mass is 16.6. The monoisotopic (exact) mass is 475 g/mol. The Kier molecular flexibility index (Phi) is 6.97. The van der Waals surface area contributed by atoms with Crippen LogP contribution in [0.15, 0.2) is 24.3 Å². The summed E-state index contributed by atoms with van der Waals surface area (Å²) in [4.78, 5) is 68.4. The molecule has 0 unspecified atom stereocenters. The number of amides is 3. The summed E-state index contributed by atoms with van der Waals surface area (Å²) in [5, 5.41) is 0. The van der Waals surface area contributed by atoms with Crippen LogP contribution in [-0.4, -0.2) is 103 Å². The molecule has 0 aromatic heterocycles. The number of ether oxygens (including phenoxy) is 3. The van der Waals surface area contributed by atoms with Gasteiger partial charge in [0.15, 0.2) is 0 Å². The molecule has 0 radical (unpaired) electrons. The molecule has 0 aliphatic carbocycles. The van der Waals surface area contributed by atoms with Gasteiger partial charge in [0.1, 0.15) is 5.60 Å². The van der Waals surface area contributed by atoms with E-state index in [4.69, 9.17) is 14.2 Å². The number of hydrogen-bond acceptors (Lipinski definition) is 9. The van der Waals surface area contributed by atoms with Crippen molar-refractivity contribution in [1.29, 1.82) is 0 Å². The number of methoxy groups -OCH3 is 2. The highest BCUT2D eigenvalue weighted by molar-refractivity contribution is 6.22. The Bertz CT molecular complexity index is 957. The van der Waals surface area contributed by atoms with E-state index < -0.39 is 47.5 Å². The van der Waals surface area contributed by atoms with Gasteiger partial charge in [-0.3, -0.25) is 19.4 Å². The van der Waals surface area contributed by atoms with Crippen LogP contribution in [0.5, 0.6) is 0 Å². The topological polar surface area (TPSA) is 123 Å². The summed E-state index contributed by atoms with van der Waals surface area (Å²) < 4.78 is 15.3. The van der Waals surface area contributed by atoms with E-state index >= 15 is 0 Å². The zero-order valence-corrected chi connectivity index (χ0v) is 20.0. The Labute approximate surface area is 197 Å². The van der Waals surface area contributed by atoms with Gasteiger partial charge >= 0.3 is 18.0 Å². The van der Waals surface area contributed by atoms with Gasteiger partial charge in [0.2, 0.25) is 5.54 Å². The molecule has 0 spiro atoms. The molecule has 34 heavy (non-hydrogen) atoms. The number of rotatable bonds is 5. The molecule has 1 fully saturated rings. The fourth-order valence-electron chi connectivity index (χ4n) is 4.12. The summed E-state index contributed by atoms with van der Waals surface area (Å²) in [6.07, 6.45) is -0.519. The van der Waals surface area contributed by atoms with Crippen LogP contribution in [0.2, 0.25) is 0 Å². The van der Waals surface area contributed by atoms with E-state index in [0.717, 1.165) is 19.1 Å². The largest absolute Gasteiger partial charge is 0.467 e. The molecule has 11 nitrogen and oxygen atoms in total. The maximum absolute atomic E-state index is 13.1. The first kappa shape index (κ1) is 25.2. The van der Waals surface area contributed by atoms with E-state index in [0.29, 0.717) is 0 Å². The van der Waals surface area contributed by atoms with E-state index in [-0.39, 0.29) is 37.3 Å². The van der Waals surface area contributed by atoms with E-state index in [1.807, 2.05) is 0 Å². The van der Waals surface area contributed by atoms with Crippen molar-refractivity contribution in [1.82, 2.24) is 14.7 Å². The van der Waals surface area contributed by atoms with Crippen LogP contribution in [0.4, 0.5) is 4.79 Å². The molecular weight excluding hydrogens is 446 g/mol. The molecule has 0 bridgehead atoms. The third-order valence-corrected chi connectivity index (χ3v) is 5.78. The Morgan fingerprint density at radius 1 is 0.853 bits per heavy atom. The van der Waals surface area contributed by atoms with Crippen molar-refractivity contribution in [3.63, 3.8) is 0 Å². The predicted octanol–water partition coefficient (Wildman–Crippen LogP) is 0.920. The Morgan fingerprint density at radius 2 is 1.32 bits per heavy atom. The minimum Gasteiger partial charge on any atom is -0.467 e. The second-order valence-corrected chi connectivity index (χ2v) is 9.04. The minimum absolute atomic E-state index is 0.0760. The number of fused-ring (bicyclic) bond motifs is 1. The molecule has 2 aliphatic heterocycles. The van der Waals surface area contributed by atoms with Crippen LogP contribution >= 0.6 is 0 Å². The van der Waals surface area contributed by atoms with Crippen LogP contribution in [0.1, 0.15) is 41.5 Å². The molecule has 1 saturated heterocycles. The van der Waals surface area contributed by atoms with Crippen molar-refractivity contribution in [2.75, 3.05) is 46.9 Å². The number of piperazine rings is 1. The van der Waals surface area contributed by atoms with E-state index in [2.05, 4.69) is 0 Å². The Balaban J connectivity index is 1.90. The van der Waals surface area contributed by atoms with Gasteiger partial charge in [-0.15, -0.1) is 0 Å². The van der Waals surface area contributed by atoms with Crippen LogP contribution in [0.3, 0.4) is 0 Å². The first-order chi connectivity index (χ1) is 16.0. The second kappa shape index (κ2) is 9.41. The zero-order valence-electron chi connectivity index (χ0n) is 20.0. The lowest BCUT2D eigenvalue weighted by molar-refractivity contribution is -0.174. The molecule has 1 aromatic carbocycles. The smallest absolute Gasteiger partial charge is 0.410 e. The Hall–Kier alpha value is -3.47. The van der Waals surface area contributed by atoms with Crippen LogP contribution in [0, 0.1) is 0 Å². The molecule has 0 N–H and O–H groups in total. The lowest BCUT2D eigenvalue weighted by Crippen LogP contribution is -2.70. The lowest BCUT2D eigenvalue weighted by atomic mass is 9.94. The number of nitrogens with zero attached hydrogens (tertiary/aromatic N) is 3. The maximum Gasteiger partial charge on any atom is 0.410 e. The van der Waals surface area contributed by atoms with E-state index in [9.17, 15) is 24.0 Å². The molecule has 0 atom stereocenters. The quantitative estimate of drug-likeness (QED) is 0.265. The second-order valence-electron chi connectivity index (χ2n) is 9.04. The van der Waals surface area contributed by atoms with Crippen molar-refractivity contribution in [2.24, 2.45) is 0 Å². The summed E-state index contributed by atoms with van der Waals surface area (Å²) in [5.74, 6) is -3.18. The van der Waals surface area contributed by atoms with Crippen molar-refractivity contribution >= 4 is 29.8 Å². The highest BCUT2D eigenvalue weighted by Crippen LogP contribution is 2.29. The number of carbonyl (C=O) groups is 5. The van der Waals surface area contributed by atoms with Gasteiger partial charge in [-0.05, 0) is 32.9 Å². The van der Waals surface area contributed by atoms with Crippen molar-refractivity contribution < 1.29 is 38.2 Å². The van der Waals surface area contributed by atoms with Crippen molar-refractivity contribution in [3.8, 4) is 0 Å².